The molecule has 5 nitrogen and oxygen atoms in total. The number of hydrogen-bond donors (Lipinski definition) is 1. The van der Waals surface area contributed by atoms with Gasteiger partial charge < -0.3 is 14.6 Å². The number of nitrogens with one attached hydrogen (secondary N) is 1. The number of ether oxygens (including phenoxy) is 1. The smallest absolute Gasteiger partial charge is 0.250 e. The van der Waals surface area contributed by atoms with Crippen LogP contribution in [0.1, 0.15) is 35.2 Å². The average molecular weight is 414 g/mol. The maximum absolute atomic E-state index is 13.3. The van der Waals surface area contributed by atoms with E-state index in [0.717, 1.165) is 66.2 Å². The number of H-pyrrole nitrogens is 1. The number of aryl methyl sites for hydroxylation is 1. The van der Waals surface area contributed by atoms with E-state index in [9.17, 15) is 4.79 Å². The van der Waals surface area contributed by atoms with Gasteiger partial charge in [-0.3, -0.25) is 4.79 Å². The molecule has 0 unspecified atom stereocenters. The van der Waals surface area contributed by atoms with Gasteiger partial charge in [0.2, 0.25) is 5.91 Å². The molecule has 1 amide bonds. The van der Waals surface area contributed by atoms with Crippen LogP contribution in [0.15, 0.2) is 54.2 Å². The molecule has 1 aliphatic carbocycles. The van der Waals surface area contributed by atoms with Crippen LogP contribution in [-0.4, -0.2) is 40.5 Å². The van der Waals surface area contributed by atoms with Crippen molar-refractivity contribution in [2.24, 2.45) is 0 Å². The van der Waals surface area contributed by atoms with Gasteiger partial charge >= 0.3 is 0 Å². The first-order valence-corrected chi connectivity index (χ1v) is 10.9. The lowest BCUT2D eigenvalue weighted by Crippen LogP contribution is -2.44. The zero-order valence-corrected chi connectivity index (χ0v) is 18.0. The molecule has 1 saturated heterocycles. The summed E-state index contributed by atoms with van der Waals surface area (Å²) in [6.45, 7) is 2.80. The number of amides is 1. The van der Waals surface area contributed by atoms with Crippen LogP contribution in [0.3, 0.4) is 0 Å². The molecule has 1 aromatic heterocycles. The summed E-state index contributed by atoms with van der Waals surface area (Å²) in [7, 11) is 1.66. The molecule has 1 fully saturated rings. The highest BCUT2D eigenvalue weighted by atomic mass is 16.5. The van der Waals surface area contributed by atoms with Gasteiger partial charge in [-0.1, -0.05) is 30.3 Å². The van der Waals surface area contributed by atoms with E-state index in [1.54, 1.807) is 7.11 Å². The van der Waals surface area contributed by atoms with E-state index >= 15 is 0 Å². The van der Waals surface area contributed by atoms with Gasteiger partial charge in [0.1, 0.15) is 11.6 Å². The molecule has 2 aromatic carbocycles. The molecular weight excluding hydrogens is 386 g/mol. The second-order valence-corrected chi connectivity index (χ2v) is 8.45. The van der Waals surface area contributed by atoms with Crippen molar-refractivity contribution in [3.63, 3.8) is 0 Å². The Balaban J connectivity index is 1.38. The van der Waals surface area contributed by atoms with Crippen molar-refractivity contribution in [3.8, 4) is 17.1 Å². The highest BCUT2D eigenvalue weighted by Gasteiger charge is 2.33. The van der Waals surface area contributed by atoms with E-state index in [0.29, 0.717) is 0 Å². The van der Waals surface area contributed by atoms with Crippen LogP contribution < -0.4 is 4.74 Å². The molecule has 2 heterocycles. The van der Waals surface area contributed by atoms with Crippen molar-refractivity contribution in [1.82, 2.24) is 14.9 Å². The number of hydrogen-bond acceptors (Lipinski definition) is 3. The predicted octanol–water partition coefficient (Wildman–Crippen LogP) is 4.57. The molecule has 0 radical (unpaired) electrons. The number of likely N-dealkylation sites (tertiary alicyclic amines) is 1. The molecule has 0 bridgehead atoms. The van der Waals surface area contributed by atoms with Crippen LogP contribution in [0.5, 0.6) is 5.75 Å². The monoisotopic (exact) mass is 413 g/mol. The van der Waals surface area contributed by atoms with Crippen LogP contribution in [0.4, 0.5) is 0 Å². The largest absolute Gasteiger partial charge is 0.496 e. The maximum Gasteiger partial charge on any atom is 0.250 e. The topological polar surface area (TPSA) is 58.2 Å². The number of benzene rings is 2. The normalized spacial score (nSPS) is 17.9. The molecule has 0 saturated carbocycles. The second-order valence-electron chi connectivity index (χ2n) is 8.45. The fourth-order valence-electron chi connectivity index (χ4n) is 4.82. The lowest BCUT2D eigenvalue weighted by molar-refractivity contribution is -0.130. The van der Waals surface area contributed by atoms with Crippen LogP contribution in [-0.2, 0) is 17.6 Å². The van der Waals surface area contributed by atoms with E-state index in [2.05, 4.69) is 39.1 Å². The van der Waals surface area contributed by atoms with Crippen molar-refractivity contribution in [2.45, 2.75) is 38.6 Å². The zero-order chi connectivity index (χ0) is 21.4. The number of fused-ring (bicyclic) bond motifs is 1. The third kappa shape index (κ3) is 3.76. The van der Waals surface area contributed by atoms with Gasteiger partial charge in [-0.2, -0.15) is 0 Å². The molecule has 5 heteroatoms. The Kier molecular flexibility index (Phi) is 5.10. The number of piperidine rings is 1. The summed E-state index contributed by atoms with van der Waals surface area (Å²) in [6, 6.07) is 14.8. The first-order chi connectivity index (χ1) is 15.1. The predicted molar refractivity (Wildman–Crippen MR) is 122 cm³/mol. The lowest BCUT2D eigenvalue weighted by atomic mass is 9.98. The minimum atomic E-state index is 0.175. The molecule has 1 N–H and O–H groups in total. The minimum absolute atomic E-state index is 0.175. The number of rotatable bonds is 4. The number of methoxy groups -OCH3 is 1. The SMILES string of the molecule is COc1cc(/C=C2\CCCN(C3Cc4ccccc4C3)C2=O)ccc1-c1nc(C)c[nH]1. The Morgan fingerprint density at radius 2 is 1.94 bits per heavy atom. The quantitative estimate of drug-likeness (QED) is 0.638. The summed E-state index contributed by atoms with van der Waals surface area (Å²) in [5, 5.41) is 0. The number of carbonyl (C=O) groups excluding carboxylic acids is 1. The third-order valence-corrected chi connectivity index (χ3v) is 6.38. The van der Waals surface area contributed by atoms with Crippen molar-refractivity contribution in [2.75, 3.05) is 13.7 Å². The van der Waals surface area contributed by atoms with Gasteiger partial charge in [-0.25, -0.2) is 4.98 Å². The molecule has 0 spiro atoms. The lowest BCUT2D eigenvalue weighted by Gasteiger charge is -2.33. The van der Waals surface area contributed by atoms with Gasteiger partial charge in [-0.05, 0) is 67.5 Å². The Labute approximate surface area is 182 Å². The number of nitrogens with zero attached hydrogens (tertiary/aromatic N) is 2. The van der Waals surface area contributed by atoms with Gasteiger partial charge in [0.05, 0.1) is 18.4 Å². The average Bonchev–Trinajstić information content (AvgIpc) is 3.41. The molecule has 5 rings (SSSR count). The van der Waals surface area contributed by atoms with Gasteiger partial charge in [0.25, 0.3) is 0 Å². The van der Waals surface area contributed by atoms with Crippen molar-refractivity contribution in [3.05, 3.63) is 76.6 Å². The fraction of sp³-hybridized carbons (Fsp3) is 0.308. The van der Waals surface area contributed by atoms with Crippen molar-refractivity contribution in [1.29, 1.82) is 0 Å². The summed E-state index contributed by atoms with van der Waals surface area (Å²) in [6.07, 6.45) is 7.64. The summed E-state index contributed by atoms with van der Waals surface area (Å²) in [5.74, 6) is 1.71. The summed E-state index contributed by atoms with van der Waals surface area (Å²) < 4.78 is 5.62. The van der Waals surface area contributed by atoms with E-state index in [1.807, 2.05) is 37.4 Å². The highest BCUT2D eigenvalue weighted by molar-refractivity contribution is 5.99. The minimum Gasteiger partial charge on any atom is -0.496 e. The Hall–Kier alpha value is -3.34. The second kappa shape index (κ2) is 8.06. The van der Waals surface area contributed by atoms with E-state index < -0.39 is 0 Å². The van der Waals surface area contributed by atoms with Gasteiger partial charge in [0, 0.05) is 24.4 Å². The third-order valence-electron chi connectivity index (χ3n) is 6.38. The Morgan fingerprint density at radius 3 is 2.61 bits per heavy atom. The molecule has 158 valence electrons. The first-order valence-electron chi connectivity index (χ1n) is 10.9. The molecule has 0 atom stereocenters. The summed E-state index contributed by atoms with van der Waals surface area (Å²) >= 11 is 0. The van der Waals surface area contributed by atoms with Crippen molar-refractivity contribution >= 4 is 12.0 Å². The van der Waals surface area contributed by atoms with Crippen LogP contribution in [0.2, 0.25) is 0 Å². The molecular formula is C26H27N3O2. The van der Waals surface area contributed by atoms with E-state index in [-0.39, 0.29) is 11.9 Å². The Morgan fingerprint density at radius 1 is 1.16 bits per heavy atom. The van der Waals surface area contributed by atoms with E-state index in [4.69, 9.17) is 4.74 Å². The van der Waals surface area contributed by atoms with Crippen LogP contribution in [0, 0.1) is 6.92 Å². The molecule has 3 aromatic rings. The van der Waals surface area contributed by atoms with Crippen LogP contribution >= 0.6 is 0 Å². The number of aromatic amines is 1. The summed E-state index contributed by atoms with van der Waals surface area (Å²) in [4.78, 5) is 23.1. The van der Waals surface area contributed by atoms with Gasteiger partial charge in [0.15, 0.2) is 0 Å². The first kappa shape index (κ1) is 19.6. The van der Waals surface area contributed by atoms with Gasteiger partial charge in [-0.15, -0.1) is 0 Å². The van der Waals surface area contributed by atoms with Crippen molar-refractivity contribution < 1.29 is 9.53 Å². The molecule has 31 heavy (non-hydrogen) atoms. The van der Waals surface area contributed by atoms with Crippen LogP contribution in [0.25, 0.3) is 17.5 Å². The number of imidazole rings is 1. The maximum atomic E-state index is 13.3. The zero-order valence-electron chi connectivity index (χ0n) is 18.0. The summed E-state index contributed by atoms with van der Waals surface area (Å²) in [5.41, 5.74) is 6.47. The molecule has 1 aliphatic heterocycles. The number of aromatic nitrogens is 2. The Bertz CT molecular complexity index is 1140. The molecule has 2 aliphatic rings. The highest BCUT2D eigenvalue weighted by Crippen LogP contribution is 2.32. The number of carbonyl (C=O) groups is 1. The standard InChI is InChI=1S/C26H27N3O2/c1-17-16-27-25(28-17)23-10-9-18(13-24(23)31-2)12-21-8-5-11-29(26(21)30)22-14-19-6-3-4-7-20(19)15-22/h3-4,6-7,9-10,12-13,16,22H,5,8,11,14-15H2,1-2H3,(H,27,28)/b21-12+. The van der Waals surface area contributed by atoms with E-state index in [1.165, 1.54) is 11.1 Å². The fourth-order valence-corrected chi connectivity index (χ4v) is 4.82.